The maximum absolute atomic E-state index is 11.2. The van der Waals surface area contributed by atoms with E-state index >= 15 is 0 Å². The number of nitrogens with one attached hydrogen (secondary N) is 1. The minimum absolute atomic E-state index is 0.0189. The Bertz CT molecular complexity index is 634. The Kier molecular flexibility index (Phi) is 3.20. The van der Waals surface area contributed by atoms with Crippen molar-refractivity contribution >= 4 is 16.8 Å². The van der Waals surface area contributed by atoms with Gasteiger partial charge in [0.05, 0.1) is 5.52 Å². The van der Waals surface area contributed by atoms with Crippen LogP contribution in [0.3, 0.4) is 0 Å². The third-order valence-electron chi connectivity index (χ3n) is 3.80. The van der Waals surface area contributed by atoms with Crippen LogP contribution < -0.4 is 5.32 Å². The number of pyridine rings is 1. The van der Waals surface area contributed by atoms with Crippen LogP contribution in [-0.4, -0.2) is 10.9 Å². The molecule has 0 spiro atoms. The maximum Gasteiger partial charge on any atom is 0.217 e. The van der Waals surface area contributed by atoms with Crippen molar-refractivity contribution in [3.05, 3.63) is 41.1 Å². The minimum Gasteiger partial charge on any atom is -0.352 e. The minimum atomic E-state index is 0.0189. The second-order valence-corrected chi connectivity index (χ2v) is 5.15. The second-order valence-electron chi connectivity index (χ2n) is 5.15. The fourth-order valence-corrected chi connectivity index (χ4v) is 2.89. The van der Waals surface area contributed by atoms with E-state index in [1.807, 2.05) is 12.1 Å². The van der Waals surface area contributed by atoms with E-state index in [2.05, 4.69) is 17.4 Å². The van der Waals surface area contributed by atoms with E-state index in [1.165, 1.54) is 35.0 Å². The Morgan fingerprint density at radius 3 is 2.89 bits per heavy atom. The average molecular weight is 254 g/mol. The number of carbonyl (C=O) groups is 1. The Balaban J connectivity index is 2.16. The summed E-state index contributed by atoms with van der Waals surface area (Å²) in [5, 5.41) is 4.12. The molecule has 0 atom stereocenters. The van der Waals surface area contributed by atoms with Crippen molar-refractivity contribution in [2.24, 2.45) is 0 Å². The van der Waals surface area contributed by atoms with E-state index in [-0.39, 0.29) is 5.91 Å². The van der Waals surface area contributed by atoms with Gasteiger partial charge in [0, 0.05) is 24.5 Å². The van der Waals surface area contributed by atoms with E-state index in [0.717, 1.165) is 18.4 Å². The molecule has 3 heteroatoms. The number of amides is 1. The largest absolute Gasteiger partial charge is 0.352 e. The van der Waals surface area contributed by atoms with Gasteiger partial charge in [0.25, 0.3) is 0 Å². The van der Waals surface area contributed by atoms with Gasteiger partial charge in [-0.2, -0.15) is 0 Å². The van der Waals surface area contributed by atoms with Gasteiger partial charge in [0.1, 0.15) is 0 Å². The van der Waals surface area contributed by atoms with Gasteiger partial charge in [-0.05, 0) is 42.9 Å². The lowest BCUT2D eigenvalue weighted by atomic mass is 9.90. The van der Waals surface area contributed by atoms with Crippen molar-refractivity contribution in [3.63, 3.8) is 0 Å². The summed E-state index contributed by atoms with van der Waals surface area (Å²) >= 11 is 0. The quantitative estimate of drug-likeness (QED) is 0.895. The van der Waals surface area contributed by atoms with Gasteiger partial charge < -0.3 is 5.32 Å². The summed E-state index contributed by atoms with van der Waals surface area (Å²) in [6, 6.07) is 8.22. The van der Waals surface area contributed by atoms with Crippen LogP contribution >= 0.6 is 0 Å². The van der Waals surface area contributed by atoms with E-state index in [0.29, 0.717) is 6.54 Å². The van der Waals surface area contributed by atoms with Crippen molar-refractivity contribution in [1.29, 1.82) is 0 Å². The Labute approximate surface area is 113 Å². The van der Waals surface area contributed by atoms with Crippen molar-refractivity contribution in [2.45, 2.75) is 39.2 Å². The third kappa shape index (κ3) is 2.33. The predicted octanol–water partition coefficient (Wildman–Crippen LogP) is 2.75. The summed E-state index contributed by atoms with van der Waals surface area (Å²) in [5.41, 5.74) is 4.89. The highest BCUT2D eigenvalue weighted by atomic mass is 16.1. The number of hydrogen-bond acceptors (Lipinski definition) is 2. The second kappa shape index (κ2) is 5.00. The molecule has 0 saturated heterocycles. The number of benzene rings is 1. The van der Waals surface area contributed by atoms with E-state index in [4.69, 9.17) is 4.98 Å². The molecule has 19 heavy (non-hydrogen) atoms. The first-order valence-corrected chi connectivity index (χ1v) is 6.89. The molecule has 1 aliphatic rings. The standard InChI is InChI=1S/C16H18N2O/c1-11(19)17-10-14-12-6-2-4-8-15(12)18-16-9-5-3-7-13(14)16/h2,4,6,8H,3,5,7,9-10H2,1H3,(H,17,19). The smallest absolute Gasteiger partial charge is 0.217 e. The first-order chi connectivity index (χ1) is 9.25. The van der Waals surface area contributed by atoms with Crippen LogP contribution in [0.5, 0.6) is 0 Å². The molecule has 1 aliphatic carbocycles. The number of hydrogen-bond donors (Lipinski definition) is 1. The lowest BCUT2D eigenvalue weighted by Gasteiger charge is -2.20. The van der Waals surface area contributed by atoms with Crippen LogP contribution in [0.4, 0.5) is 0 Å². The zero-order chi connectivity index (χ0) is 13.2. The number of fused-ring (bicyclic) bond motifs is 2. The lowest BCUT2D eigenvalue weighted by molar-refractivity contribution is -0.119. The molecule has 1 heterocycles. The summed E-state index contributed by atoms with van der Waals surface area (Å²) in [5.74, 6) is 0.0189. The van der Waals surface area contributed by atoms with Gasteiger partial charge >= 0.3 is 0 Å². The lowest BCUT2D eigenvalue weighted by Crippen LogP contribution is -2.21. The molecule has 3 nitrogen and oxygen atoms in total. The Hall–Kier alpha value is -1.90. The number of para-hydroxylation sites is 1. The predicted molar refractivity (Wildman–Crippen MR) is 75.9 cm³/mol. The number of nitrogens with zero attached hydrogens (tertiary/aromatic N) is 1. The highest BCUT2D eigenvalue weighted by Gasteiger charge is 2.17. The molecule has 0 aliphatic heterocycles. The maximum atomic E-state index is 11.2. The first-order valence-electron chi connectivity index (χ1n) is 6.89. The van der Waals surface area contributed by atoms with E-state index in [9.17, 15) is 4.79 Å². The van der Waals surface area contributed by atoms with Crippen molar-refractivity contribution < 1.29 is 4.79 Å². The number of carbonyl (C=O) groups excluding carboxylic acids is 1. The zero-order valence-electron chi connectivity index (χ0n) is 11.2. The van der Waals surface area contributed by atoms with Crippen LogP contribution in [0, 0.1) is 0 Å². The van der Waals surface area contributed by atoms with Crippen molar-refractivity contribution in [2.75, 3.05) is 0 Å². The van der Waals surface area contributed by atoms with Crippen LogP contribution in [-0.2, 0) is 24.2 Å². The van der Waals surface area contributed by atoms with E-state index in [1.54, 1.807) is 6.92 Å². The van der Waals surface area contributed by atoms with Crippen LogP contribution in [0.25, 0.3) is 10.9 Å². The first kappa shape index (κ1) is 12.2. The van der Waals surface area contributed by atoms with Gasteiger partial charge in [0.2, 0.25) is 5.91 Å². The molecule has 0 bridgehead atoms. The van der Waals surface area contributed by atoms with Gasteiger partial charge in [-0.15, -0.1) is 0 Å². The molecule has 1 amide bonds. The molecule has 0 fully saturated rings. The molecule has 0 radical (unpaired) electrons. The van der Waals surface area contributed by atoms with Crippen molar-refractivity contribution in [1.82, 2.24) is 10.3 Å². The van der Waals surface area contributed by atoms with Gasteiger partial charge in [-0.25, -0.2) is 0 Å². The van der Waals surface area contributed by atoms with Gasteiger partial charge in [-0.3, -0.25) is 9.78 Å². The highest BCUT2D eigenvalue weighted by molar-refractivity contribution is 5.84. The summed E-state index contributed by atoms with van der Waals surface area (Å²) < 4.78 is 0. The van der Waals surface area contributed by atoms with Crippen LogP contribution in [0.2, 0.25) is 0 Å². The molecular formula is C16H18N2O. The van der Waals surface area contributed by atoms with Crippen LogP contribution in [0.1, 0.15) is 36.6 Å². The molecule has 98 valence electrons. The highest BCUT2D eigenvalue weighted by Crippen LogP contribution is 2.29. The summed E-state index contributed by atoms with van der Waals surface area (Å²) in [7, 11) is 0. The fourth-order valence-electron chi connectivity index (χ4n) is 2.89. The number of aromatic nitrogens is 1. The van der Waals surface area contributed by atoms with E-state index < -0.39 is 0 Å². The summed E-state index contributed by atoms with van der Waals surface area (Å²) in [4.78, 5) is 16.0. The summed E-state index contributed by atoms with van der Waals surface area (Å²) in [6.45, 7) is 2.18. The molecule has 2 aromatic rings. The SMILES string of the molecule is CC(=O)NCc1c2c(nc3ccccc13)CCCC2. The molecule has 1 aromatic carbocycles. The molecule has 0 saturated carbocycles. The normalized spacial score (nSPS) is 14.2. The third-order valence-corrected chi connectivity index (χ3v) is 3.80. The summed E-state index contributed by atoms with van der Waals surface area (Å²) in [6.07, 6.45) is 4.59. The Morgan fingerprint density at radius 2 is 2.05 bits per heavy atom. The molecule has 0 unspecified atom stereocenters. The molecular weight excluding hydrogens is 236 g/mol. The van der Waals surface area contributed by atoms with Gasteiger partial charge in [0.15, 0.2) is 0 Å². The zero-order valence-corrected chi connectivity index (χ0v) is 11.2. The topological polar surface area (TPSA) is 42.0 Å². The van der Waals surface area contributed by atoms with Crippen LogP contribution in [0.15, 0.2) is 24.3 Å². The van der Waals surface area contributed by atoms with Gasteiger partial charge in [-0.1, -0.05) is 18.2 Å². The monoisotopic (exact) mass is 254 g/mol. The molecule has 3 rings (SSSR count). The fraction of sp³-hybridized carbons (Fsp3) is 0.375. The molecule has 1 N–H and O–H groups in total. The molecule has 1 aromatic heterocycles. The number of aryl methyl sites for hydroxylation is 1. The Morgan fingerprint density at radius 1 is 1.26 bits per heavy atom. The average Bonchev–Trinajstić information content (AvgIpc) is 2.43. The number of rotatable bonds is 2. The van der Waals surface area contributed by atoms with Crippen molar-refractivity contribution in [3.8, 4) is 0 Å².